The fourth-order valence-electron chi connectivity index (χ4n) is 4.56. The van der Waals surface area contributed by atoms with Crippen molar-refractivity contribution in [1.82, 2.24) is 25.6 Å². The fraction of sp³-hybridized carbons (Fsp3) is 0.360. The minimum atomic E-state index is -1.06. The molecular formula is C25H27ClN6O4. The third-order valence-corrected chi connectivity index (χ3v) is 6.51. The quantitative estimate of drug-likeness (QED) is 0.445. The lowest BCUT2D eigenvalue weighted by molar-refractivity contribution is -0.128. The molecule has 1 aliphatic carbocycles. The van der Waals surface area contributed by atoms with Gasteiger partial charge < -0.3 is 15.1 Å². The van der Waals surface area contributed by atoms with Crippen molar-refractivity contribution in [3.63, 3.8) is 0 Å². The molecule has 0 spiro atoms. The number of hydrogen-bond donors (Lipinski definition) is 2. The molecule has 188 valence electrons. The van der Waals surface area contributed by atoms with E-state index >= 15 is 0 Å². The van der Waals surface area contributed by atoms with Gasteiger partial charge in [-0.05, 0) is 43.5 Å². The third-order valence-electron chi connectivity index (χ3n) is 6.29. The Kier molecular flexibility index (Phi) is 8.27. The number of nitrogens with one attached hydrogen (secondary N) is 2. The number of oxazole rings is 1. The van der Waals surface area contributed by atoms with Crippen molar-refractivity contribution in [1.29, 1.82) is 0 Å². The van der Waals surface area contributed by atoms with Crippen LogP contribution < -0.4 is 15.5 Å². The number of alkyl halides is 1. The molecule has 36 heavy (non-hydrogen) atoms. The number of aromatic nitrogens is 3. The highest BCUT2D eigenvalue weighted by molar-refractivity contribution is 6.29. The number of benzene rings is 1. The van der Waals surface area contributed by atoms with E-state index in [0.717, 1.165) is 24.8 Å². The maximum absolute atomic E-state index is 13.7. The third kappa shape index (κ3) is 5.71. The summed E-state index contributed by atoms with van der Waals surface area (Å²) in [6.07, 6.45) is 10.1. The maximum Gasteiger partial charge on any atom is 0.248 e. The smallest absolute Gasteiger partial charge is 0.248 e. The van der Waals surface area contributed by atoms with Gasteiger partial charge in [-0.1, -0.05) is 6.42 Å². The van der Waals surface area contributed by atoms with Crippen LogP contribution in [0.2, 0.25) is 0 Å². The van der Waals surface area contributed by atoms with Crippen LogP contribution in [0.1, 0.15) is 37.3 Å². The van der Waals surface area contributed by atoms with Gasteiger partial charge in [-0.2, -0.15) is 0 Å². The molecule has 0 aliphatic heterocycles. The number of halogens is 1. The van der Waals surface area contributed by atoms with E-state index in [2.05, 4.69) is 25.6 Å². The van der Waals surface area contributed by atoms with Gasteiger partial charge in [0, 0.05) is 48.2 Å². The SMILES string of the molecule is CNC(=O)C1CCCC(NC(=O)C(c2cncnc2)N(C(=O)CCl)c2ccc(-c3cnco3)cc2)C1. The highest BCUT2D eigenvalue weighted by atomic mass is 35.5. The Bertz CT molecular complexity index is 1170. The summed E-state index contributed by atoms with van der Waals surface area (Å²) in [6, 6.07) is 5.71. The molecule has 1 aliphatic rings. The molecule has 1 saturated carbocycles. The summed E-state index contributed by atoms with van der Waals surface area (Å²) in [5.41, 5.74) is 1.67. The van der Waals surface area contributed by atoms with Gasteiger partial charge in [0.05, 0.1) is 6.20 Å². The first-order valence-corrected chi connectivity index (χ1v) is 12.2. The molecule has 2 N–H and O–H groups in total. The molecule has 3 amide bonds. The second-order valence-electron chi connectivity index (χ2n) is 8.57. The predicted octanol–water partition coefficient (Wildman–Crippen LogP) is 2.87. The Morgan fingerprint density at radius 3 is 2.50 bits per heavy atom. The van der Waals surface area contributed by atoms with Gasteiger partial charge in [0.2, 0.25) is 17.7 Å². The summed E-state index contributed by atoms with van der Waals surface area (Å²) < 4.78 is 5.34. The summed E-state index contributed by atoms with van der Waals surface area (Å²) in [5.74, 6) is -0.816. The van der Waals surface area contributed by atoms with Crippen LogP contribution in [0.4, 0.5) is 5.69 Å². The van der Waals surface area contributed by atoms with Crippen molar-refractivity contribution in [2.45, 2.75) is 37.8 Å². The molecule has 2 heterocycles. The minimum absolute atomic E-state index is 0.0345. The first-order chi connectivity index (χ1) is 17.5. The zero-order valence-electron chi connectivity index (χ0n) is 19.8. The Morgan fingerprint density at radius 2 is 1.86 bits per heavy atom. The van der Waals surface area contributed by atoms with E-state index in [4.69, 9.17) is 16.0 Å². The van der Waals surface area contributed by atoms with Crippen molar-refractivity contribution in [3.05, 3.63) is 61.1 Å². The van der Waals surface area contributed by atoms with Gasteiger partial charge >= 0.3 is 0 Å². The van der Waals surface area contributed by atoms with Crippen LogP contribution in [0.5, 0.6) is 0 Å². The minimum Gasteiger partial charge on any atom is -0.444 e. The van der Waals surface area contributed by atoms with E-state index in [1.807, 2.05) is 0 Å². The molecule has 1 aromatic carbocycles. The van der Waals surface area contributed by atoms with Crippen LogP contribution in [-0.4, -0.2) is 51.6 Å². The van der Waals surface area contributed by atoms with Gasteiger partial charge in [-0.25, -0.2) is 15.0 Å². The van der Waals surface area contributed by atoms with E-state index < -0.39 is 17.9 Å². The molecule has 11 heteroatoms. The summed E-state index contributed by atoms with van der Waals surface area (Å²) in [6.45, 7) is 0. The number of hydrogen-bond acceptors (Lipinski definition) is 7. The Morgan fingerprint density at radius 1 is 1.11 bits per heavy atom. The first-order valence-electron chi connectivity index (χ1n) is 11.7. The standard InChI is InChI=1S/C25H27ClN6O4/c1-27-24(34)17-3-2-4-19(9-17)31-25(35)23(18-11-28-14-29-12-18)32(22(33)10-26)20-7-5-16(6-8-20)21-13-30-15-36-21/h5-8,11-15,17,19,23H,2-4,9-10H2,1H3,(H,27,34)(H,31,35). The molecule has 0 radical (unpaired) electrons. The van der Waals surface area contributed by atoms with Gasteiger partial charge in [0.25, 0.3) is 0 Å². The van der Waals surface area contributed by atoms with Crippen LogP contribution in [0, 0.1) is 5.92 Å². The average Bonchev–Trinajstić information content (AvgIpc) is 3.46. The van der Waals surface area contributed by atoms with Gasteiger partial charge in [0.15, 0.2) is 12.2 Å². The second kappa shape index (κ2) is 11.8. The number of rotatable bonds is 8. The van der Waals surface area contributed by atoms with Gasteiger partial charge in [0.1, 0.15) is 18.2 Å². The number of anilines is 1. The number of nitrogens with zero attached hydrogens (tertiary/aromatic N) is 4. The molecule has 4 rings (SSSR count). The summed E-state index contributed by atoms with van der Waals surface area (Å²) in [7, 11) is 1.61. The van der Waals surface area contributed by atoms with Crippen molar-refractivity contribution >= 4 is 35.0 Å². The van der Waals surface area contributed by atoms with E-state index in [1.54, 1.807) is 37.5 Å². The molecular weight excluding hydrogens is 484 g/mol. The van der Waals surface area contributed by atoms with Gasteiger partial charge in [-0.15, -0.1) is 11.6 Å². The molecule has 1 fully saturated rings. The Labute approximate surface area is 213 Å². The lowest BCUT2D eigenvalue weighted by Crippen LogP contribution is -2.49. The Balaban J connectivity index is 1.65. The van der Waals surface area contributed by atoms with Crippen molar-refractivity contribution in [2.75, 3.05) is 17.8 Å². The van der Waals surface area contributed by atoms with Crippen LogP contribution in [-0.2, 0) is 14.4 Å². The monoisotopic (exact) mass is 510 g/mol. The van der Waals surface area contributed by atoms with Crippen molar-refractivity contribution in [2.24, 2.45) is 5.92 Å². The van der Waals surface area contributed by atoms with Crippen LogP contribution in [0.3, 0.4) is 0 Å². The van der Waals surface area contributed by atoms with E-state index in [-0.39, 0.29) is 23.7 Å². The zero-order chi connectivity index (χ0) is 25.5. The summed E-state index contributed by atoms with van der Waals surface area (Å²) in [5, 5.41) is 5.74. The Hall–Kier alpha value is -3.79. The molecule has 3 atom stereocenters. The lowest BCUT2D eigenvalue weighted by atomic mass is 9.85. The highest BCUT2D eigenvalue weighted by Crippen LogP contribution is 2.31. The normalized spacial score (nSPS) is 18.2. The number of amides is 3. The van der Waals surface area contributed by atoms with E-state index in [1.165, 1.54) is 30.0 Å². The van der Waals surface area contributed by atoms with Crippen molar-refractivity contribution in [3.8, 4) is 11.3 Å². The molecule has 3 aromatic rings. The largest absolute Gasteiger partial charge is 0.444 e. The molecule has 3 unspecified atom stereocenters. The lowest BCUT2D eigenvalue weighted by Gasteiger charge is -2.34. The summed E-state index contributed by atoms with van der Waals surface area (Å²) in [4.78, 5) is 52.4. The fourth-order valence-corrected chi connectivity index (χ4v) is 4.69. The molecule has 2 aromatic heterocycles. The molecule has 0 bridgehead atoms. The summed E-state index contributed by atoms with van der Waals surface area (Å²) >= 11 is 5.99. The van der Waals surface area contributed by atoms with Crippen molar-refractivity contribution < 1.29 is 18.8 Å². The highest BCUT2D eigenvalue weighted by Gasteiger charge is 2.35. The van der Waals surface area contributed by atoms with Crippen LogP contribution in [0.15, 0.2) is 60.0 Å². The number of carbonyl (C=O) groups is 3. The van der Waals surface area contributed by atoms with Crippen LogP contribution >= 0.6 is 11.6 Å². The average molecular weight is 511 g/mol. The van der Waals surface area contributed by atoms with Crippen LogP contribution in [0.25, 0.3) is 11.3 Å². The predicted molar refractivity (Wildman–Crippen MR) is 133 cm³/mol. The zero-order valence-corrected chi connectivity index (χ0v) is 20.5. The second-order valence-corrected chi connectivity index (χ2v) is 8.83. The topological polar surface area (TPSA) is 130 Å². The van der Waals surface area contributed by atoms with E-state index in [0.29, 0.717) is 23.4 Å². The molecule has 0 saturated heterocycles. The van der Waals surface area contributed by atoms with Gasteiger partial charge in [-0.3, -0.25) is 19.3 Å². The molecule has 10 nitrogen and oxygen atoms in total. The number of carbonyl (C=O) groups excluding carboxylic acids is 3. The first kappa shape index (κ1) is 25.3. The maximum atomic E-state index is 13.7. The van der Waals surface area contributed by atoms with E-state index in [9.17, 15) is 14.4 Å².